The third-order valence-electron chi connectivity index (χ3n) is 5.80. The van der Waals surface area contributed by atoms with Gasteiger partial charge in [0.2, 0.25) is 0 Å². The highest BCUT2D eigenvalue weighted by atomic mass is 32.1. The molecule has 0 aliphatic carbocycles. The maximum atomic E-state index is 6.49. The predicted molar refractivity (Wildman–Crippen MR) is 97.4 cm³/mol. The second-order valence-electron chi connectivity index (χ2n) is 7.45. The molecular formula is C17H20BN4OS+. The zero-order valence-electron chi connectivity index (χ0n) is 13.8. The van der Waals surface area contributed by atoms with Crippen molar-refractivity contribution in [3.05, 3.63) is 23.8 Å². The molecule has 5 heterocycles. The number of aliphatic imine (C=N–C) groups is 1. The van der Waals surface area contributed by atoms with Crippen LogP contribution in [0.5, 0.6) is 0 Å². The van der Waals surface area contributed by atoms with E-state index in [2.05, 4.69) is 40.4 Å². The Morgan fingerprint density at radius 2 is 2.21 bits per heavy atom. The monoisotopic (exact) mass is 339 g/mol. The van der Waals surface area contributed by atoms with E-state index in [0.717, 1.165) is 43.1 Å². The number of anilines is 1. The van der Waals surface area contributed by atoms with Crippen molar-refractivity contribution in [2.75, 3.05) is 31.5 Å². The molecule has 2 aromatic rings. The summed E-state index contributed by atoms with van der Waals surface area (Å²) in [7, 11) is 6.49. The van der Waals surface area contributed by atoms with Gasteiger partial charge in [0.1, 0.15) is 6.54 Å². The molecule has 6 rings (SSSR count). The third kappa shape index (κ3) is 2.18. The molecule has 0 saturated carbocycles. The number of benzene rings is 1. The van der Waals surface area contributed by atoms with Crippen LogP contribution in [0.1, 0.15) is 18.4 Å². The topological polar surface area (TPSA) is 46.5 Å². The van der Waals surface area contributed by atoms with Gasteiger partial charge in [-0.05, 0) is 18.6 Å². The Balaban J connectivity index is 1.36. The average molecular weight is 339 g/mol. The number of para-hydroxylation sites is 1. The van der Waals surface area contributed by atoms with E-state index >= 15 is 0 Å². The quantitative estimate of drug-likeness (QED) is 0.812. The second-order valence-corrected chi connectivity index (χ2v) is 8.48. The number of rotatable bonds is 1. The van der Waals surface area contributed by atoms with Gasteiger partial charge in [-0.1, -0.05) is 23.5 Å². The summed E-state index contributed by atoms with van der Waals surface area (Å²) >= 11 is 1.64. The highest BCUT2D eigenvalue weighted by Gasteiger charge is 2.57. The molecule has 1 aromatic heterocycles. The van der Waals surface area contributed by atoms with Crippen molar-refractivity contribution in [3.8, 4) is 0 Å². The molecule has 3 saturated heterocycles. The van der Waals surface area contributed by atoms with Gasteiger partial charge in [-0.15, -0.1) is 0 Å². The van der Waals surface area contributed by atoms with E-state index in [1.807, 2.05) is 0 Å². The number of thiazole rings is 1. The lowest BCUT2D eigenvalue weighted by molar-refractivity contribution is -0.845. The van der Waals surface area contributed by atoms with Gasteiger partial charge in [-0.25, -0.2) is 9.98 Å². The first kappa shape index (κ1) is 14.7. The molecule has 1 N–H and O–H groups in total. The summed E-state index contributed by atoms with van der Waals surface area (Å²) in [5.41, 5.74) is 2.03. The maximum absolute atomic E-state index is 6.49. The molecule has 1 spiro atoms. The summed E-state index contributed by atoms with van der Waals surface area (Å²) in [6.45, 7) is 5.79. The van der Waals surface area contributed by atoms with Crippen molar-refractivity contribution in [1.82, 2.24) is 4.98 Å². The number of quaternary nitrogens is 1. The summed E-state index contributed by atoms with van der Waals surface area (Å²) in [5, 5.41) is 4.13. The molecule has 4 aliphatic rings. The highest BCUT2D eigenvalue weighted by Crippen LogP contribution is 2.43. The molecule has 3 fully saturated rings. The van der Waals surface area contributed by atoms with E-state index in [1.165, 1.54) is 10.3 Å². The standard InChI is InChI=1S/C17H20BN4OS/c1-11-3-2-4-13-14(11)20-16(24-13)21-15-19-9-17(23-15)10-22(18)7-5-12(17)6-8-22/h2-4,12H,5-10H2,1H3,(H,19,20,21)/q+1. The molecule has 24 heavy (non-hydrogen) atoms. The number of nitrogens with zero attached hydrogens (tertiary/aromatic N) is 3. The fourth-order valence-corrected chi connectivity index (χ4v) is 5.42. The zero-order chi connectivity index (χ0) is 16.4. The Bertz CT molecular complexity index is 842. The van der Waals surface area contributed by atoms with Gasteiger partial charge in [-0.3, -0.25) is 5.32 Å². The van der Waals surface area contributed by atoms with Crippen molar-refractivity contribution < 1.29 is 9.13 Å². The Morgan fingerprint density at radius 1 is 1.38 bits per heavy atom. The summed E-state index contributed by atoms with van der Waals surface area (Å²) in [6.07, 6.45) is 2.28. The molecule has 1 unspecified atom stereocenters. The smallest absolute Gasteiger partial charge is 0.450 e. The molecule has 1 aromatic carbocycles. The first-order valence-electron chi connectivity index (χ1n) is 8.57. The predicted octanol–water partition coefficient (Wildman–Crippen LogP) is 2.47. The summed E-state index contributed by atoms with van der Waals surface area (Å²) in [6, 6.07) is 6.85. The Hall–Kier alpha value is -1.60. The van der Waals surface area contributed by atoms with Crippen LogP contribution in [0.25, 0.3) is 10.2 Å². The van der Waals surface area contributed by atoms with E-state index in [4.69, 9.17) is 12.7 Å². The number of amidine groups is 1. The molecule has 2 bridgehead atoms. The van der Waals surface area contributed by atoms with Crippen LogP contribution in [0.4, 0.5) is 5.13 Å². The fraction of sp³-hybridized carbons (Fsp3) is 0.529. The minimum absolute atomic E-state index is 0.208. The van der Waals surface area contributed by atoms with Crippen LogP contribution in [0, 0.1) is 12.8 Å². The minimum Gasteiger partial charge on any atom is -0.450 e. The van der Waals surface area contributed by atoms with Crippen LogP contribution in [0.3, 0.4) is 0 Å². The lowest BCUT2D eigenvalue weighted by Gasteiger charge is -2.55. The number of fused-ring (bicyclic) bond motifs is 3. The molecule has 122 valence electrons. The van der Waals surface area contributed by atoms with E-state index in [-0.39, 0.29) is 5.60 Å². The van der Waals surface area contributed by atoms with Gasteiger partial charge in [0.15, 0.2) is 10.7 Å². The van der Waals surface area contributed by atoms with Crippen LogP contribution in [-0.2, 0) is 4.74 Å². The van der Waals surface area contributed by atoms with Gasteiger partial charge in [0.25, 0.3) is 6.02 Å². The summed E-state index contributed by atoms with van der Waals surface area (Å²) in [5.74, 6) is 0.571. The van der Waals surface area contributed by atoms with Crippen LogP contribution < -0.4 is 5.32 Å². The number of hydrogen-bond acceptors (Lipinski definition) is 5. The van der Waals surface area contributed by atoms with Crippen LogP contribution >= 0.6 is 11.3 Å². The van der Waals surface area contributed by atoms with Gasteiger partial charge >= 0.3 is 7.98 Å². The summed E-state index contributed by atoms with van der Waals surface area (Å²) in [4.78, 5) is 9.32. The van der Waals surface area contributed by atoms with E-state index < -0.39 is 0 Å². The molecular weight excluding hydrogens is 319 g/mol. The third-order valence-corrected chi connectivity index (χ3v) is 6.73. The number of hydrogen-bond donors (Lipinski definition) is 1. The van der Waals surface area contributed by atoms with Crippen LogP contribution in [0.15, 0.2) is 23.2 Å². The molecule has 4 aliphatic heterocycles. The number of aryl methyl sites for hydroxylation is 1. The van der Waals surface area contributed by atoms with Gasteiger partial charge in [-0.2, -0.15) is 0 Å². The number of aromatic nitrogens is 1. The second kappa shape index (κ2) is 4.96. The van der Waals surface area contributed by atoms with Crippen molar-refractivity contribution in [3.63, 3.8) is 0 Å². The maximum Gasteiger partial charge on any atom is 0.481 e. The minimum atomic E-state index is -0.208. The zero-order valence-corrected chi connectivity index (χ0v) is 14.6. The average Bonchev–Trinajstić information content (AvgIpc) is 3.13. The molecule has 1 atom stereocenters. The normalized spacial score (nSPS) is 34.5. The Kier molecular flexibility index (Phi) is 3.04. The van der Waals surface area contributed by atoms with Crippen molar-refractivity contribution >= 4 is 40.7 Å². The molecule has 7 heteroatoms. The number of nitrogens with one attached hydrogen (secondary N) is 1. The Morgan fingerprint density at radius 3 is 2.96 bits per heavy atom. The SMILES string of the molecule is [B][N+]12CCC(CC1)C1(CN=C(Nc3nc4c(C)cccc4s3)O1)C2. The Labute approximate surface area is 146 Å². The van der Waals surface area contributed by atoms with E-state index in [9.17, 15) is 0 Å². The number of ether oxygens (including phenoxy) is 1. The molecule has 0 amide bonds. The first-order valence-corrected chi connectivity index (χ1v) is 9.38. The van der Waals surface area contributed by atoms with Crippen molar-refractivity contribution in [2.24, 2.45) is 10.9 Å². The van der Waals surface area contributed by atoms with Crippen molar-refractivity contribution in [2.45, 2.75) is 25.4 Å². The lowest BCUT2D eigenvalue weighted by Crippen LogP contribution is -2.69. The van der Waals surface area contributed by atoms with Gasteiger partial charge in [0.05, 0.1) is 29.9 Å². The first-order chi connectivity index (χ1) is 11.6. The van der Waals surface area contributed by atoms with Crippen molar-refractivity contribution in [1.29, 1.82) is 0 Å². The fourth-order valence-electron chi connectivity index (χ4n) is 4.48. The van der Waals surface area contributed by atoms with Gasteiger partial charge in [0, 0.05) is 18.8 Å². The van der Waals surface area contributed by atoms with Gasteiger partial charge < -0.3 is 9.13 Å². The molecule has 5 nitrogen and oxygen atoms in total. The summed E-state index contributed by atoms with van der Waals surface area (Å²) < 4.78 is 8.15. The van der Waals surface area contributed by atoms with E-state index in [0.29, 0.717) is 22.9 Å². The number of piperidine rings is 3. The lowest BCUT2D eigenvalue weighted by atomic mass is 9.72. The highest BCUT2D eigenvalue weighted by molar-refractivity contribution is 7.22. The molecule has 2 radical (unpaired) electrons. The van der Waals surface area contributed by atoms with Crippen LogP contribution in [0.2, 0.25) is 0 Å². The largest absolute Gasteiger partial charge is 0.481 e. The van der Waals surface area contributed by atoms with Crippen LogP contribution in [-0.4, -0.2) is 55.2 Å². The van der Waals surface area contributed by atoms with E-state index in [1.54, 1.807) is 11.3 Å².